The van der Waals surface area contributed by atoms with Gasteiger partial charge in [0.05, 0.1) is 16.3 Å². The van der Waals surface area contributed by atoms with E-state index in [2.05, 4.69) is 11.1 Å². The lowest BCUT2D eigenvalue weighted by Gasteiger charge is -2.30. The Morgan fingerprint density at radius 3 is 2.63 bits per heavy atom. The van der Waals surface area contributed by atoms with Crippen molar-refractivity contribution in [2.75, 3.05) is 0 Å². The summed E-state index contributed by atoms with van der Waals surface area (Å²) in [7, 11) is 0. The molecule has 0 amide bonds. The molecule has 1 saturated heterocycles. The molecule has 1 aliphatic heterocycles. The summed E-state index contributed by atoms with van der Waals surface area (Å²) in [4.78, 5) is 21.4. The quantitative estimate of drug-likeness (QED) is 0.529. The SMILES string of the molecule is O=C(O)[C@H]1ON1C(c1ccc(OCc2nc3ccccc3s2)cc1)C1CCCCC1. The topological polar surface area (TPSA) is 75.0 Å². The maximum Gasteiger partial charge on any atom is 0.352 e. The van der Waals surface area contributed by atoms with Crippen molar-refractivity contribution in [1.29, 1.82) is 0 Å². The molecule has 6 nitrogen and oxygen atoms in total. The summed E-state index contributed by atoms with van der Waals surface area (Å²) >= 11 is 1.64. The summed E-state index contributed by atoms with van der Waals surface area (Å²) in [5, 5.41) is 11.9. The Morgan fingerprint density at radius 1 is 1.17 bits per heavy atom. The van der Waals surface area contributed by atoms with Crippen molar-refractivity contribution in [3.05, 3.63) is 59.1 Å². The smallest absolute Gasteiger partial charge is 0.352 e. The number of aromatic nitrogens is 1. The Hall–Kier alpha value is -2.48. The van der Waals surface area contributed by atoms with Crippen LogP contribution in [0.5, 0.6) is 5.75 Å². The highest BCUT2D eigenvalue weighted by Gasteiger charge is 2.50. The molecule has 2 unspecified atom stereocenters. The molecule has 1 aromatic heterocycles. The molecule has 1 N–H and O–H groups in total. The first-order chi connectivity index (χ1) is 14.7. The molecule has 30 heavy (non-hydrogen) atoms. The molecule has 1 saturated carbocycles. The Bertz CT molecular complexity index is 996. The number of hydrogen-bond donors (Lipinski definition) is 1. The zero-order chi connectivity index (χ0) is 20.5. The predicted molar refractivity (Wildman–Crippen MR) is 114 cm³/mol. The minimum atomic E-state index is -0.924. The van der Waals surface area contributed by atoms with E-state index in [9.17, 15) is 9.90 Å². The number of thiazole rings is 1. The van der Waals surface area contributed by atoms with Crippen molar-refractivity contribution in [3.8, 4) is 5.75 Å². The lowest BCUT2D eigenvalue weighted by atomic mass is 9.81. The Balaban J connectivity index is 1.28. The molecule has 5 rings (SSSR count). The molecule has 2 heterocycles. The first kappa shape index (κ1) is 19.5. The van der Waals surface area contributed by atoms with Crippen molar-refractivity contribution in [1.82, 2.24) is 10.0 Å². The maximum atomic E-state index is 11.3. The van der Waals surface area contributed by atoms with Crippen LogP contribution in [0.25, 0.3) is 10.2 Å². The van der Waals surface area contributed by atoms with E-state index in [1.54, 1.807) is 16.4 Å². The van der Waals surface area contributed by atoms with Gasteiger partial charge in [-0.3, -0.25) is 4.84 Å². The van der Waals surface area contributed by atoms with Gasteiger partial charge in [-0.2, -0.15) is 0 Å². The van der Waals surface area contributed by atoms with Crippen LogP contribution >= 0.6 is 11.3 Å². The number of ether oxygens (including phenoxy) is 1. The number of benzene rings is 2. The third kappa shape index (κ3) is 4.05. The molecule has 2 fully saturated rings. The minimum Gasteiger partial charge on any atom is -0.486 e. The predicted octanol–water partition coefficient (Wildman–Crippen LogP) is 5.15. The van der Waals surface area contributed by atoms with E-state index in [0.717, 1.165) is 39.4 Å². The molecule has 2 aromatic carbocycles. The van der Waals surface area contributed by atoms with Crippen LogP contribution in [-0.2, 0) is 16.2 Å². The molecule has 0 spiro atoms. The number of carboxylic acid groups (broad SMARTS) is 1. The fraction of sp³-hybridized carbons (Fsp3) is 0.391. The summed E-state index contributed by atoms with van der Waals surface area (Å²) in [5.74, 6) is 0.270. The minimum absolute atomic E-state index is 0.0234. The third-order valence-corrected chi connectivity index (χ3v) is 6.92. The number of rotatable bonds is 7. The van der Waals surface area contributed by atoms with E-state index >= 15 is 0 Å². The van der Waals surface area contributed by atoms with Crippen LogP contribution in [0, 0.1) is 5.92 Å². The van der Waals surface area contributed by atoms with Crippen molar-refractivity contribution >= 4 is 27.5 Å². The summed E-state index contributed by atoms with van der Waals surface area (Å²) in [6, 6.07) is 16.0. The average Bonchev–Trinajstić information content (AvgIpc) is 3.45. The normalized spacial score (nSPS) is 22.7. The van der Waals surface area contributed by atoms with Crippen LogP contribution in [-0.4, -0.2) is 27.4 Å². The molecular weight excluding hydrogens is 400 g/mol. The van der Waals surface area contributed by atoms with Crippen LogP contribution in [0.15, 0.2) is 48.5 Å². The van der Waals surface area contributed by atoms with Gasteiger partial charge in [-0.1, -0.05) is 43.5 Å². The van der Waals surface area contributed by atoms with Crippen LogP contribution in [0.2, 0.25) is 0 Å². The van der Waals surface area contributed by atoms with E-state index in [0.29, 0.717) is 12.5 Å². The van der Waals surface area contributed by atoms with Gasteiger partial charge in [0.15, 0.2) is 0 Å². The number of hydrogen-bond acceptors (Lipinski definition) is 6. The second kappa shape index (κ2) is 8.34. The van der Waals surface area contributed by atoms with Gasteiger partial charge in [0, 0.05) is 0 Å². The first-order valence-corrected chi connectivity index (χ1v) is 11.3. The van der Waals surface area contributed by atoms with E-state index in [1.807, 2.05) is 42.5 Å². The van der Waals surface area contributed by atoms with Crippen LogP contribution in [0.4, 0.5) is 0 Å². The lowest BCUT2D eigenvalue weighted by Crippen LogP contribution is -2.25. The fourth-order valence-corrected chi connectivity index (χ4v) is 5.30. The highest BCUT2D eigenvalue weighted by atomic mass is 32.1. The van der Waals surface area contributed by atoms with Gasteiger partial charge in [-0.05, 0) is 48.6 Å². The van der Waals surface area contributed by atoms with E-state index in [-0.39, 0.29) is 6.04 Å². The zero-order valence-electron chi connectivity index (χ0n) is 16.6. The van der Waals surface area contributed by atoms with Crippen LogP contribution < -0.4 is 4.74 Å². The van der Waals surface area contributed by atoms with Gasteiger partial charge >= 0.3 is 5.97 Å². The second-order valence-corrected chi connectivity index (χ2v) is 9.05. The first-order valence-electron chi connectivity index (χ1n) is 10.4. The molecule has 156 valence electrons. The van der Waals surface area contributed by atoms with Gasteiger partial charge in [0.2, 0.25) is 0 Å². The second-order valence-electron chi connectivity index (χ2n) is 7.93. The summed E-state index contributed by atoms with van der Waals surface area (Å²) in [6.45, 7) is 0.432. The fourth-order valence-electron chi connectivity index (χ4n) is 4.42. The summed E-state index contributed by atoms with van der Waals surface area (Å²) < 4.78 is 7.11. The number of aliphatic carboxylic acids is 1. The molecule has 3 aromatic rings. The Morgan fingerprint density at radius 2 is 1.93 bits per heavy atom. The molecular formula is C23H24N2O4S. The third-order valence-electron chi connectivity index (χ3n) is 5.91. The number of carbonyl (C=O) groups is 1. The van der Waals surface area contributed by atoms with Crippen molar-refractivity contribution in [3.63, 3.8) is 0 Å². The number of hydroxylamine groups is 2. The average molecular weight is 425 g/mol. The van der Waals surface area contributed by atoms with Crippen molar-refractivity contribution < 1.29 is 19.5 Å². The standard InChI is InChI=1S/C23H24N2O4S/c26-23(27)22-25(29-22)21(15-6-2-1-3-7-15)16-10-12-17(13-11-16)28-14-20-24-18-8-4-5-9-19(18)30-20/h4-5,8-13,15,21-22H,1-3,6-7,14H2,(H,26,27)/t21?,22-,25?/m1/s1. The highest BCUT2D eigenvalue weighted by molar-refractivity contribution is 7.18. The number of carboxylic acids is 1. The van der Waals surface area contributed by atoms with E-state index in [4.69, 9.17) is 9.57 Å². The molecule has 0 radical (unpaired) electrons. The molecule has 1 aliphatic carbocycles. The number of para-hydroxylation sites is 1. The number of fused-ring (bicyclic) bond motifs is 1. The largest absolute Gasteiger partial charge is 0.486 e. The maximum absolute atomic E-state index is 11.3. The zero-order valence-corrected chi connectivity index (χ0v) is 17.4. The highest BCUT2D eigenvalue weighted by Crippen LogP contribution is 2.44. The lowest BCUT2D eigenvalue weighted by molar-refractivity contribution is -0.138. The van der Waals surface area contributed by atoms with Gasteiger partial charge in [-0.15, -0.1) is 16.4 Å². The van der Waals surface area contributed by atoms with Crippen molar-refractivity contribution in [2.45, 2.75) is 51.0 Å². The van der Waals surface area contributed by atoms with Gasteiger partial charge in [0.25, 0.3) is 6.23 Å². The summed E-state index contributed by atoms with van der Waals surface area (Å²) in [5.41, 5.74) is 2.08. The van der Waals surface area contributed by atoms with Gasteiger partial charge in [0.1, 0.15) is 17.4 Å². The van der Waals surface area contributed by atoms with Crippen LogP contribution in [0.3, 0.4) is 0 Å². The summed E-state index contributed by atoms with van der Waals surface area (Å²) in [6.07, 6.45) is 5.02. The monoisotopic (exact) mass is 424 g/mol. The van der Waals surface area contributed by atoms with Crippen molar-refractivity contribution in [2.24, 2.45) is 5.92 Å². The van der Waals surface area contributed by atoms with Gasteiger partial charge in [-0.25, -0.2) is 9.78 Å². The Kier molecular flexibility index (Phi) is 5.41. The number of nitrogens with zero attached hydrogens (tertiary/aromatic N) is 2. The van der Waals surface area contributed by atoms with E-state index < -0.39 is 12.2 Å². The molecule has 3 atom stereocenters. The van der Waals surface area contributed by atoms with Crippen LogP contribution in [0.1, 0.15) is 48.7 Å². The molecule has 7 heteroatoms. The Labute approximate surface area is 179 Å². The molecule has 0 bridgehead atoms. The van der Waals surface area contributed by atoms with Gasteiger partial charge < -0.3 is 9.84 Å². The molecule has 2 aliphatic rings. The van der Waals surface area contributed by atoms with E-state index in [1.165, 1.54) is 19.3 Å².